The molecule has 0 atom stereocenters. The molecule has 1 aliphatic rings. The van der Waals surface area contributed by atoms with Gasteiger partial charge in [-0.1, -0.05) is 12.1 Å². The largest absolute Gasteiger partial charge is 0.372 e. The Kier molecular flexibility index (Phi) is 8.80. The van der Waals surface area contributed by atoms with E-state index in [0.717, 1.165) is 32.1 Å². The Labute approximate surface area is 176 Å². The molecule has 1 saturated heterocycles. The highest BCUT2D eigenvalue weighted by Crippen LogP contribution is 2.21. The zero-order valence-corrected chi connectivity index (χ0v) is 18.9. The van der Waals surface area contributed by atoms with E-state index in [1.807, 2.05) is 27.8 Å². The van der Waals surface area contributed by atoms with Gasteiger partial charge in [-0.15, -0.1) is 0 Å². The van der Waals surface area contributed by atoms with Crippen LogP contribution in [0.4, 0.5) is 5.69 Å². The molecule has 1 aliphatic heterocycles. The molecule has 0 radical (unpaired) electrons. The second-order valence-electron chi connectivity index (χ2n) is 8.48. The lowest BCUT2D eigenvalue weighted by molar-refractivity contribution is -0.128. The van der Waals surface area contributed by atoms with E-state index in [1.54, 1.807) is 0 Å². The zero-order chi connectivity index (χ0) is 21.3. The first kappa shape index (κ1) is 23.0. The summed E-state index contributed by atoms with van der Waals surface area (Å²) in [4.78, 5) is 21.6. The first-order chi connectivity index (χ1) is 13.9. The van der Waals surface area contributed by atoms with E-state index in [4.69, 9.17) is 4.99 Å². The van der Waals surface area contributed by atoms with Crippen LogP contribution in [0.5, 0.6) is 0 Å². The third kappa shape index (κ3) is 6.94. The van der Waals surface area contributed by atoms with Crippen LogP contribution in [-0.2, 0) is 11.3 Å². The number of nitrogens with zero attached hydrogens (tertiary/aromatic N) is 3. The summed E-state index contributed by atoms with van der Waals surface area (Å²) >= 11 is 0. The summed E-state index contributed by atoms with van der Waals surface area (Å²) in [5, 5.41) is 6.24. The number of amides is 1. The second-order valence-corrected chi connectivity index (χ2v) is 8.48. The number of hydrogen-bond acceptors (Lipinski definition) is 3. The quantitative estimate of drug-likeness (QED) is 0.519. The molecule has 6 heteroatoms. The van der Waals surface area contributed by atoms with Gasteiger partial charge in [-0.25, -0.2) is 0 Å². The summed E-state index contributed by atoms with van der Waals surface area (Å²) in [5.74, 6) is 0.862. The minimum Gasteiger partial charge on any atom is -0.372 e. The number of aliphatic imine (C=N–C) groups is 1. The van der Waals surface area contributed by atoms with E-state index in [0.29, 0.717) is 13.1 Å². The number of carbonyl (C=O) groups excluding carboxylic acids is 1. The second kappa shape index (κ2) is 11.1. The zero-order valence-electron chi connectivity index (χ0n) is 18.9. The van der Waals surface area contributed by atoms with Gasteiger partial charge in [0.1, 0.15) is 0 Å². The minimum absolute atomic E-state index is 0.0375. The molecule has 0 aromatic heterocycles. The average Bonchev–Trinajstić information content (AvgIpc) is 2.72. The van der Waals surface area contributed by atoms with E-state index in [-0.39, 0.29) is 5.91 Å². The average molecular weight is 402 g/mol. The molecule has 0 aliphatic carbocycles. The number of hydrogen-bond donors (Lipinski definition) is 2. The first-order valence-electron chi connectivity index (χ1n) is 11.0. The topological polar surface area (TPSA) is 60.0 Å². The maximum atomic E-state index is 12.2. The van der Waals surface area contributed by atoms with Gasteiger partial charge in [0.25, 0.3) is 0 Å². The monoisotopic (exact) mass is 401 g/mol. The van der Waals surface area contributed by atoms with Crippen LogP contribution in [0.25, 0.3) is 0 Å². The van der Waals surface area contributed by atoms with Crippen LogP contribution >= 0.6 is 0 Å². The molecule has 29 heavy (non-hydrogen) atoms. The van der Waals surface area contributed by atoms with Gasteiger partial charge in [-0.2, -0.15) is 0 Å². The van der Waals surface area contributed by atoms with Gasteiger partial charge in [0.15, 0.2) is 5.96 Å². The van der Waals surface area contributed by atoms with Crippen molar-refractivity contribution >= 4 is 17.6 Å². The van der Waals surface area contributed by atoms with Gasteiger partial charge in [0.05, 0.1) is 12.0 Å². The van der Waals surface area contributed by atoms with Crippen molar-refractivity contribution in [1.82, 2.24) is 15.5 Å². The summed E-state index contributed by atoms with van der Waals surface area (Å²) in [6.07, 6.45) is 3.93. The van der Waals surface area contributed by atoms with Gasteiger partial charge in [-0.05, 0) is 64.7 Å². The summed E-state index contributed by atoms with van der Waals surface area (Å²) in [6, 6.07) is 8.89. The Bertz CT molecular complexity index is 662. The maximum Gasteiger partial charge on any atom is 0.227 e. The molecule has 1 fully saturated rings. The lowest BCUT2D eigenvalue weighted by atomic mass is 9.92. The molecule has 0 spiro atoms. The maximum absolute atomic E-state index is 12.2. The molecule has 162 valence electrons. The molecule has 1 amide bonds. The fourth-order valence-corrected chi connectivity index (χ4v) is 3.53. The van der Waals surface area contributed by atoms with Crippen LogP contribution in [0.3, 0.4) is 0 Å². The van der Waals surface area contributed by atoms with E-state index in [9.17, 15) is 4.79 Å². The molecular formula is C23H39N5O. The Morgan fingerprint density at radius 2 is 1.69 bits per heavy atom. The number of carbonyl (C=O) groups is 1. The molecule has 0 saturated carbocycles. The number of nitrogens with one attached hydrogen (secondary N) is 2. The van der Waals surface area contributed by atoms with Crippen LogP contribution in [0.15, 0.2) is 29.3 Å². The molecule has 1 aromatic rings. The molecule has 1 aromatic carbocycles. The summed E-state index contributed by atoms with van der Waals surface area (Å²) < 4.78 is 0. The molecule has 6 nitrogen and oxygen atoms in total. The van der Waals surface area contributed by atoms with Crippen LogP contribution in [0.1, 0.15) is 52.5 Å². The lowest BCUT2D eigenvalue weighted by Crippen LogP contribution is -2.42. The number of anilines is 1. The van der Waals surface area contributed by atoms with Crippen molar-refractivity contribution in [3.8, 4) is 0 Å². The normalized spacial score (nSPS) is 15.2. The number of piperidine rings is 1. The van der Waals surface area contributed by atoms with Crippen molar-refractivity contribution < 1.29 is 4.79 Å². The summed E-state index contributed by atoms with van der Waals surface area (Å²) in [6.45, 7) is 12.8. The van der Waals surface area contributed by atoms with Crippen molar-refractivity contribution in [2.75, 3.05) is 44.7 Å². The number of guanidine groups is 1. The van der Waals surface area contributed by atoms with E-state index in [2.05, 4.69) is 51.6 Å². The van der Waals surface area contributed by atoms with Gasteiger partial charge in [-0.3, -0.25) is 9.79 Å². The van der Waals surface area contributed by atoms with Crippen molar-refractivity contribution in [3.63, 3.8) is 0 Å². The van der Waals surface area contributed by atoms with Crippen LogP contribution in [0, 0.1) is 5.41 Å². The van der Waals surface area contributed by atoms with Gasteiger partial charge in [0, 0.05) is 45.5 Å². The van der Waals surface area contributed by atoms with Crippen molar-refractivity contribution in [1.29, 1.82) is 0 Å². The first-order valence-corrected chi connectivity index (χ1v) is 11.0. The Morgan fingerprint density at radius 3 is 2.28 bits per heavy atom. The molecule has 0 bridgehead atoms. The van der Waals surface area contributed by atoms with Crippen LogP contribution in [-0.4, -0.2) is 56.5 Å². The van der Waals surface area contributed by atoms with Crippen molar-refractivity contribution in [3.05, 3.63) is 29.8 Å². The van der Waals surface area contributed by atoms with Crippen molar-refractivity contribution in [2.45, 2.75) is 53.5 Å². The highest BCUT2D eigenvalue weighted by molar-refractivity contribution is 5.83. The molecule has 1 heterocycles. The number of benzene rings is 1. The van der Waals surface area contributed by atoms with E-state index in [1.165, 1.54) is 30.5 Å². The van der Waals surface area contributed by atoms with Crippen LogP contribution < -0.4 is 15.5 Å². The van der Waals surface area contributed by atoms with E-state index < -0.39 is 5.41 Å². The van der Waals surface area contributed by atoms with E-state index >= 15 is 0 Å². The minimum atomic E-state index is -0.534. The Hall–Kier alpha value is -2.24. The fourth-order valence-electron chi connectivity index (χ4n) is 3.53. The number of rotatable bonds is 8. The SMILES string of the molecule is CCNC(=O)C(C)(C)CN=C(NCC)N(C)Cc1ccc(N2CCCCC2)cc1. The molecule has 2 rings (SSSR count). The summed E-state index contributed by atoms with van der Waals surface area (Å²) in [5.41, 5.74) is 2.04. The predicted octanol–water partition coefficient (Wildman–Crippen LogP) is 3.24. The third-order valence-corrected chi connectivity index (χ3v) is 5.35. The summed E-state index contributed by atoms with van der Waals surface area (Å²) in [7, 11) is 2.04. The highest BCUT2D eigenvalue weighted by atomic mass is 16.2. The highest BCUT2D eigenvalue weighted by Gasteiger charge is 2.27. The Balaban J connectivity index is 2.00. The standard InChI is InChI=1S/C23H39N5O/c1-6-24-21(29)23(3,4)18-26-22(25-7-2)27(5)17-19-11-13-20(14-12-19)28-15-9-8-10-16-28/h11-14H,6-10,15-18H2,1-5H3,(H,24,29)(H,25,26). The molecule has 0 unspecified atom stereocenters. The smallest absolute Gasteiger partial charge is 0.227 e. The Morgan fingerprint density at radius 1 is 1.07 bits per heavy atom. The lowest BCUT2D eigenvalue weighted by Gasteiger charge is -2.29. The van der Waals surface area contributed by atoms with Gasteiger partial charge < -0.3 is 20.4 Å². The van der Waals surface area contributed by atoms with Gasteiger partial charge in [0.2, 0.25) is 5.91 Å². The third-order valence-electron chi connectivity index (χ3n) is 5.35. The van der Waals surface area contributed by atoms with Crippen LogP contribution in [0.2, 0.25) is 0 Å². The predicted molar refractivity (Wildman–Crippen MR) is 122 cm³/mol. The molecular weight excluding hydrogens is 362 g/mol. The molecule has 2 N–H and O–H groups in total. The van der Waals surface area contributed by atoms with Crippen molar-refractivity contribution in [2.24, 2.45) is 10.4 Å². The van der Waals surface area contributed by atoms with Gasteiger partial charge >= 0.3 is 0 Å². The fraction of sp³-hybridized carbons (Fsp3) is 0.652.